The standard InChI is InChI=1S/C16H14Cl2N2O/c1-11(13-7-8-14(17)15(18)10-13)19-20-16(21)9-12-5-3-2-4-6-12/h2-8,10H,9H2,1H3,(H,20,21)/b19-11+. The molecule has 2 aromatic carbocycles. The van der Waals surface area contributed by atoms with Crippen LogP contribution in [0.4, 0.5) is 0 Å². The van der Waals surface area contributed by atoms with Crippen LogP contribution in [0.1, 0.15) is 18.1 Å². The summed E-state index contributed by atoms with van der Waals surface area (Å²) in [5.74, 6) is -0.166. The lowest BCUT2D eigenvalue weighted by molar-refractivity contribution is -0.120. The van der Waals surface area contributed by atoms with Gasteiger partial charge in [0.25, 0.3) is 0 Å². The van der Waals surface area contributed by atoms with E-state index in [1.165, 1.54) is 0 Å². The van der Waals surface area contributed by atoms with Gasteiger partial charge in [0, 0.05) is 0 Å². The van der Waals surface area contributed by atoms with Gasteiger partial charge in [-0.2, -0.15) is 5.10 Å². The van der Waals surface area contributed by atoms with Crippen molar-refractivity contribution in [2.45, 2.75) is 13.3 Å². The minimum atomic E-state index is -0.166. The number of rotatable bonds is 4. The number of amides is 1. The van der Waals surface area contributed by atoms with Crippen LogP contribution in [0.3, 0.4) is 0 Å². The molecule has 2 aromatic rings. The van der Waals surface area contributed by atoms with E-state index in [0.29, 0.717) is 22.2 Å². The van der Waals surface area contributed by atoms with Crippen LogP contribution >= 0.6 is 23.2 Å². The van der Waals surface area contributed by atoms with E-state index in [9.17, 15) is 4.79 Å². The van der Waals surface area contributed by atoms with Gasteiger partial charge >= 0.3 is 0 Å². The first kappa shape index (κ1) is 15.5. The summed E-state index contributed by atoms with van der Waals surface area (Å²) in [7, 11) is 0. The Hall–Kier alpha value is -1.84. The van der Waals surface area contributed by atoms with Crippen molar-refractivity contribution in [2.24, 2.45) is 5.10 Å². The van der Waals surface area contributed by atoms with E-state index in [2.05, 4.69) is 10.5 Å². The lowest BCUT2D eigenvalue weighted by Gasteiger charge is -2.04. The van der Waals surface area contributed by atoms with Crippen molar-refractivity contribution in [1.29, 1.82) is 0 Å². The molecule has 2 rings (SSSR count). The van der Waals surface area contributed by atoms with E-state index in [-0.39, 0.29) is 5.91 Å². The Morgan fingerprint density at radius 1 is 1.10 bits per heavy atom. The van der Waals surface area contributed by atoms with Crippen molar-refractivity contribution in [1.82, 2.24) is 5.43 Å². The molecule has 0 aliphatic rings. The zero-order chi connectivity index (χ0) is 15.2. The molecular weight excluding hydrogens is 307 g/mol. The molecule has 0 fully saturated rings. The molecular formula is C16H14Cl2N2O. The van der Waals surface area contributed by atoms with Gasteiger partial charge < -0.3 is 0 Å². The normalized spacial score (nSPS) is 11.3. The average molecular weight is 321 g/mol. The number of carbonyl (C=O) groups is 1. The van der Waals surface area contributed by atoms with Crippen molar-refractivity contribution in [3.8, 4) is 0 Å². The number of halogens is 2. The van der Waals surface area contributed by atoms with Gasteiger partial charge in [-0.15, -0.1) is 0 Å². The van der Waals surface area contributed by atoms with Gasteiger partial charge in [-0.3, -0.25) is 4.79 Å². The number of hydrazone groups is 1. The van der Waals surface area contributed by atoms with Crippen LogP contribution < -0.4 is 5.43 Å². The highest BCUT2D eigenvalue weighted by atomic mass is 35.5. The predicted octanol–water partition coefficient (Wildman–Crippen LogP) is 4.08. The van der Waals surface area contributed by atoms with E-state index in [4.69, 9.17) is 23.2 Å². The summed E-state index contributed by atoms with van der Waals surface area (Å²) in [5.41, 5.74) is 4.95. The monoisotopic (exact) mass is 320 g/mol. The van der Waals surface area contributed by atoms with Crippen LogP contribution in [0.2, 0.25) is 10.0 Å². The quantitative estimate of drug-likeness (QED) is 0.669. The molecule has 0 heterocycles. The third kappa shape index (κ3) is 4.59. The maximum Gasteiger partial charge on any atom is 0.244 e. The molecule has 3 nitrogen and oxygen atoms in total. The molecule has 0 aromatic heterocycles. The summed E-state index contributed by atoms with van der Waals surface area (Å²) in [4.78, 5) is 11.8. The number of nitrogens with zero attached hydrogens (tertiary/aromatic N) is 1. The predicted molar refractivity (Wildman–Crippen MR) is 87.0 cm³/mol. The summed E-state index contributed by atoms with van der Waals surface area (Å²) in [6, 6.07) is 14.7. The Balaban J connectivity index is 1.99. The van der Waals surface area contributed by atoms with E-state index >= 15 is 0 Å². The minimum absolute atomic E-state index is 0.166. The Kier molecular flexibility index (Phi) is 5.37. The lowest BCUT2D eigenvalue weighted by atomic mass is 10.1. The molecule has 1 amide bonds. The minimum Gasteiger partial charge on any atom is -0.273 e. The van der Waals surface area contributed by atoms with Crippen LogP contribution in [0.5, 0.6) is 0 Å². The van der Waals surface area contributed by atoms with Crippen molar-refractivity contribution in [3.63, 3.8) is 0 Å². The van der Waals surface area contributed by atoms with Crippen molar-refractivity contribution in [2.75, 3.05) is 0 Å². The Bertz CT molecular complexity index is 669. The first-order valence-electron chi connectivity index (χ1n) is 6.39. The van der Waals surface area contributed by atoms with E-state index in [1.54, 1.807) is 25.1 Å². The second-order valence-corrected chi connectivity index (χ2v) is 5.34. The van der Waals surface area contributed by atoms with Gasteiger partial charge in [-0.25, -0.2) is 5.43 Å². The topological polar surface area (TPSA) is 41.5 Å². The Morgan fingerprint density at radius 3 is 2.48 bits per heavy atom. The summed E-state index contributed by atoms with van der Waals surface area (Å²) in [6.07, 6.45) is 0.291. The highest BCUT2D eigenvalue weighted by molar-refractivity contribution is 6.42. The zero-order valence-electron chi connectivity index (χ0n) is 11.4. The molecule has 0 spiro atoms. The molecule has 108 valence electrons. The van der Waals surface area contributed by atoms with E-state index in [0.717, 1.165) is 11.1 Å². The zero-order valence-corrected chi connectivity index (χ0v) is 12.9. The maximum absolute atomic E-state index is 11.8. The molecule has 0 saturated carbocycles. The first-order chi connectivity index (χ1) is 10.1. The molecule has 1 N–H and O–H groups in total. The fourth-order valence-corrected chi connectivity index (χ4v) is 2.05. The number of hydrogen-bond donors (Lipinski definition) is 1. The second kappa shape index (κ2) is 7.25. The molecule has 0 aliphatic heterocycles. The summed E-state index contributed by atoms with van der Waals surface area (Å²) < 4.78 is 0. The van der Waals surface area contributed by atoms with Gasteiger partial charge in [-0.1, -0.05) is 59.6 Å². The summed E-state index contributed by atoms with van der Waals surface area (Å²) in [6.45, 7) is 1.79. The Morgan fingerprint density at radius 2 is 1.81 bits per heavy atom. The molecule has 0 bridgehead atoms. The van der Waals surface area contributed by atoms with Gasteiger partial charge in [0.2, 0.25) is 5.91 Å². The molecule has 0 radical (unpaired) electrons. The summed E-state index contributed by atoms with van der Waals surface area (Å²) in [5, 5.41) is 5.02. The van der Waals surface area contributed by atoms with Crippen LogP contribution in [0, 0.1) is 0 Å². The third-order valence-electron chi connectivity index (χ3n) is 2.89. The number of benzene rings is 2. The van der Waals surface area contributed by atoms with E-state index in [1.807, 2.05) is 30.3 Å². The fourth-order valence-electron chi connectivity index (χ4n) is 1.75. The number of nitrogens with one attached hydrogen (secondary N) is 1. The van der Waals surface area contributed by atoms with Crippen LogP contribution in [0.15, 0.2) is 53.6 Å². The van der Waals surface area contributed by atoms with Crippen LogP contribution in [-0.4, -0.2) is 11.6 Å². The van der Waals surface area contributed by atoms with Crippen molar-refractivity contribution >= 4 is 34.8 Å². The smallest absolute Gasteiger partial charge is 0.244 e. The maximum atomic E-state index is 11.8. The highest BCUT2D eigenvalue weighted by Crippen LogP contribution is 2.22. The molecule has 0 saturated heterocycles. The largest absolute Gasteiger partial charge is 0.273 e. The van der Waals surface area contributed by atoms with Crippen molar-refractivity contribution < 1.29 is 4.79 Å². The fraction of sp³-hybridized carbons (Fsp3) is 0.125. The van der Waals surface area contributed by atoms with Gasteiger partial charge in [-0.05, 0) is 30.2 Å². The molecule has 0 unspecified atom stereocenters. The lowest BCUT2D eigenvalue weighted by Crippen LogP contribution is -2.21. The average Bonchev–Trinajstić information content (AvgIpc) is 2.48. The number of carbonyl (C=O) groups excluding carboxylic acids is 1. The van der Waals surface area contributed by atoms with Crippen LogP contribution in [0.25, 0.3) is 0 Å². The van der Waals surface area contributed by atoms with Gasteiger partial charge in [0.05, 0.1) is 22.2 Å². The summed E-state index contributed by atoms with van der Waals surface area (Å²) >= 11 is 11.8. The van der Waals surface area contributed by atoms with E-state index < -0.39 is 0 Å². The molecule has 0 atom stereocenters. The molecule has 0 aliphatic carbocycles. The van der Waals surface area contributed by atoms with Crippen molar-refractivity contribution in [3.05, 3.63) is 69.7 Å². The van der Waals surface area contributed by atoms with Gasteiger partial charge in [0.1, 0.15) is 0 Å². The SMILES string of the molecule is C/C(=N\NC(=O)Cc1ccccc1)c1ccc(Cl)c(Cl)c1. The third-order valence-corrected chi connectivity index (χ3v) is 3.63. The highest BCUT2D eigenvalue weighted by Gasteiger charge is 2.04. The molecule has 5 heteroatoms. The van der Waals surface area contributed by atoms with Gasteiger partial charge in [0.15, 0.2) is 0 Å². The second-order valence-electron chi connectivity index (χ2n) is 4.52. The van der Waals surface area contributed by atoms with Crippen LogP contribution in [-0.2, 0) is 11.2 Å². The number of hydrogen-bond acceptors (Lipinski definition) is 2. The molecule has 21 heavy (non-hydrogen) atoms. The Labute approximate surface area is 133 Å². The first-order valence-corrected chi connectivity index (χ1v) is 7.14.